The number of nitrogen functional groups attached to an aromatic ring is 1. The molecule has 0 aliphatic heterocycles. The normalized spacial score (nSPS) is 10.1. The second kappa shape index (κ2) is 4.92. The van der Waals surface area contributed by atoms with E-state index in [1.165, 1.54) is 7.11 Å². The number of rotatable bonds is 2. The number of benzene rings is 2. The monoisotopic (exact) mass is 241 g/mol. The van der Waals surface area contributed by atoms with Crippen LogP contribution in [-0.4, -0.2) is 13.1 Å². The Kier molecular flexibility index (Phi) is 3.33. The van der Waals surface area contributed by atoms with E-state index in [1.807, 2.05) is 37.3 Å². The quantitative estimate of drug-likeness (QED) is 0.649. The lowest BCUT2D eigenvalue weighted by atomic mass is 9.98. The van der Waals surface area contributed by atoms with Crippen LogP contribution >= 0.6 is 0 Å². The Hall–Kier alpha value is -2.29. The van der Waals surface area contributed by atoms with E-state index in [9.17, 15) is 4.79 Å². The smallest absolute Gasteiger partial charge is 0.337 e. The molecule has 0 spiro atoms. The molecule has 2 aromatic rings. The summed E-state index contributed by atoms with van der Waals surface area (Å²) >= 11 is 0. The molecule has 2 aromatic carbocycles. The summed E-state index contributed by atoms with van der Waals surface area (Å²) in [5, 5.41) is 0. The number of aryl methyl sites for hydroxylation is 1. The molecule has 0 aliphatic carbocycles. The number of ether oxygens (including phenoxy) is 1. The Morgan fingerprint density at radius 2 is 1.83 bits per heavy atom. The number of hydrogen-bond donors (Lipinski definition) is 1. The molecule has 92 valence electrons. The van der Waals surface area contributed by atoms with E-state index in [0.717, 1.165) is 16.7 Å². The Labute approximate surface area is 106 Å². The summed E-state index contributed by atoms with van der Waals surface area (Å²) < 4.78 is 4.74. The number of methoxy groups -OCH3 is 1. The van der Waals surface area contributed by atoms with E-state index in [0.29, 0.717) is 11.3 Å². The van der Waals surface area contributed by atoms with Gasteiger partial charge >= 0.3 is 5.97 Å². The van der Waals surface area contributed by atoms with Crippen molar-refractivity contribution >= 4 is 11.7 Å². The molecule has 0 atom stereocenters. The summed E-state index contributed by atoms with van der Waals surface area (Å²) in [6.07, 6.45) is 0. The van der Waals surface area contributed by atoms with Crippen LogP contribution in [0.25, 0.3) is 11.1 Å². The second-order valence-corrected chi connectivity index (χ2v) is 4.11. The summed E-state index contributed by atoms with van der Waals surface area (Å²) in [4.78, 5) is 11.6. The van der Waals surface area contributed by atoms with Crippen LogP contribution in [0.4, 0.5) is 5.69 Å². The average molecular weight is 241 g/mol. The summed E-state index contributed by atoms with van der Waals surface area (Å²) in [6.45, 7) is 1.88. The zero-order valence-corrected chi connectivity index (χ0v) is 10.4. The highest BCUT2D eigenvalue weighted by atomic mass is 16.5. The standard InChI is InChI=1S/C15H15NO2/c1-10-8-12(15(17)18-2)9-13(14(10)16)11-6-4-3-5-7-11/h3-9H,16H2,1-2H3. The van der Waals surface area contributed by atoms with Gasteiger partial charge in [-0.05, 0) is 30.2 Å². The van der Waals surface area contributed by atoms with Gasteiger partial charge < -0.3 is 10.5 Å². The molecule has 3 nitrogen and oxygen atoms in total. The van der Waals surface area contributed by atoms with Crippen LogP contribution < -0.4 is 5.73 Å². The fourth-order valence-corrected chi connectivity index (χ4v) is 1.89. The van der Waals surface area contributed by atoms with E-state index >= 15 is 0 Å². The van der Waals surface area contributed by atoms with Crippen molar-refractivity contribution in [2.24, 2.45) is 0 Å². The first-order valence-electron chi connectivity index (χ1n) is 5.67. The molecular formula is C15H15NO2. The zero-order chi connectivity index (χ0) is 13.1. The maximum Gasteiger partial charge on any atom is 0.337 e. The topological polar surface area (TPSA) is 52.3 Å². The molecule has 0 radical (unpaired) electrons. The van der Waals surface area contributed by atoms with E-state index < -0.39 is 0 Å². The van der Waals surface area contributed by atoms with Crippen LogP contribution in [0.1, 0.15) is 15.9 Å². The van der Waals surface area contributed by atoms with Crippen LogP contribution in [0.2, 0.25) is 0 Å². The number of nitrogens with two attached hydrogens (primary N) is 1. The van der Waals surface area contributed by atoms with Crippen molar-refractivity contribution in [3.63, 3.8) is 0 Å². The van der Waals surface area contributed by atoms with Crippen molar-refractivity contribution in [2.45, 2.75) is 6.92 Å². The molecule has 2 N–H and O–H groups in total. The number of anilines is 1. The van der Waals surface area contributed by atoms with E-state index in [-0.39, 0.29) is 5.97 Å². The van der Waals surface area contributed by atoms with Gasteiger partial charge in [-0.1, -0.05) is 30.3 Å². The zero-order valence-electron chi connectivity index (χ0n) is 10.4. The highest BCUT2D eigenvalue weighted by Crippen LogP contribution is 2.30. The van der Waals surface area contributed by atoms with Gasteiger partial charge in [-0.25, -0.2) is 4.79 Å². The highest BCUT2D eigenvalue weighted by Gasteiger charge is 2.12. The lowest BCUT2D eigenvalue weighted by molar-refractivity contribution is 0.0600. The van der Waals surface area contributed by atoms with Crippen LogP contribution in [0.3, 0.4) is 0 Å². The fraction of sp³-hybridized carbons (Fsp3) is 0.133. The summed E-state index contributed by atoms with van der Waals surface area (Å²) in [6, 6.07) is 13.3. The Morgan fingerprint density at radius 3 is 2.44 bits per heavy atom. The number of carbonyl (C=O) groups excluding carboxylic acids is 1. The van der Waals surface area contributed by atoms with Gasteiger partial charge in [0, 0.05) is 11.3 Å². The highest BCUT2D eigenvalue weighted by molar-refractivity contribution is 5.93. The molecule has 2 rings (SSSR count). The van der Waals surface area contributed by atoms with Crippen LogP contribution in [0, 0.1) is 6.92 Å². The molecule has 0 aliphatic rings. The molecule has 0 amide bonds. The average Bonchev–Trinajstić information content (AvgIpc) is 2.41. The molecule has 0 saturated heterocycles. The molecule has 0 unspecified atom stereocenters. The molecule has 18 heavy (non-hydrogen) atoms. The first-order valence-corrected chi connectivity index (χ1v) is 5.67. The van der Waals surface area contributed by atoms with Crippen molar-refractivity contribution in [1.29, 1.82) is 0 Å². The van der Waals surface area contributed by atoms with Crippen LogP contribution in [0.5, 0.6) is 0 Å². The molecule has 0 fully saturated rings. The molecule has 0 aromatic heterocycles. The van der Waals surface area contributed by atoms with Gasteiger partial charge in [-0.3, -0.25) is 0 Å². The number of carbonyl (C=O) groups is 1. The SMILES string of the molecule is COC(=O)c1cc(C)c(N)c(-c2ccccc2)c1. The summed E-state index contributed by atoms with van der Waals surface area (Å²) in [5.41, 5.74) is 10.00. The van der Waals surface area contributed by atoms with Gasteiger partial charge in [0.25, 0.3) is 0 Å². The molecular weight excluding hydrogens is 226 g/mol. The molecule has 3 heteroatoms. The minimum atomic E-state index is -0.352. The third-order valence-electron chi connectivity index (χ3n) is 2.89. The third kappa shape index (κ3) is 2.20. The third-order valence-corrected chi connectivity index (χ3v) is 2.89. The summed E-state index contributed by atoms with van der Waals surface area (Å²) in [5.74, 6) is -0.352. The van der Waals surface area contributed by atoms with Crippen molar-refractivity contribution in [3.05, 3.63) is 53.6 Å². The Bertz CT molecular complexity index is 577. The van der Waals surface area contributed by atoms with Gasteiger partial charge in [-0.2, -0.15) is 0 Å². The van der Waals surface area contributed by atoms with Crippen molar-refractivity contribution in [3.8, 4) is 11.1 Å². The van der Waals surface area contributed by atoms with E-state index in [2.05, 4.69) is 0 Å². The largest absolute Gasteiger partial charge is 0.465 e. The van der Waals surface area contributed by atoms with Gasteiger partial charge in [0.05, 0.1) is 12.7 Å². The van der Waals surface area contributed by atoms with Crippen molar-refractivity contribution in [1.82, 2.24) is 0 Å². The van der Waals surface area contributed by atoms with Crippen LogP contribution in [-0.2, 0) is 4.74 Å². The predicted octanol–water partition coefficient (Wildman–Crippen LogP) is 3.03. The van der Waals surface area contributed by atoms with Gasteiger partial charge in [-0.15, -0.1) is 0 Å². The number of esters is 1. The number of hydrogen-bond acceptors (Lipinski definition) is 3. The predicted molar refractivity (Wildman–Crippen MR) is 72.4 cm³/mol. The lowest BCUT2D eigenvalue weighted by Gasteiger charge is -2.11. The molecule has 0 heterocycles. The molecule has 0 bridgehead atoms. The maximum absolute atomic E-state index is 11.6. The van der Waals surface area contributed by atoms with Gasteiger partial charge in [0.15, 0.2) is 0 Å². The first kappa shape index (κ1) is 12.2. The van der Waals surface area contributed by atoms with Gasteiger partial charge in [0.1, 0.15) is 0 Å². The summed E-state index contributed by atoms with van der Waals surface area (Å²) in [7, 11) is 1.37. The Balaban J connectivity index is 2.60. The lowest BCUT2D eigenvalue weighted by Crippen LogP contribution is -2.04. The molecule has 0 saturated carbocycles. The van der Waals surface area contributed by atoms with Crippen molar-refractivity contribution in [2.75, 3.05) is 12.8 Å². The fourth-order valence-electron chi connectivity index (χ4n) is 1.89. The van der Waals surface area contributed by atoms with E-state index in [1.54, 1.807) is 12.1 Å². The maximum atomic E-state index is 11.6. The minimum Gasteiger partial charge on any atom is -0.465 e. The van der Waals surface area contributed by atoms with Crippen LogP contribution in [0.15, 0.2) is 42.5 Å². The van der Waals surface area contributed by atoms with Crippen molar-refractivity contribution < 1.29 is 9.53 Å². The second-order valence-electron chi connectivity index (χ2n) is 4.11. The minimum absolute atomic E-state index is 0.352. The Morgan fingerprint density at radius 1 is 1.17 bits per heavy atom. The van der Waals surface area contributed by atoms with E-state index in [4.69, 9.17) is 10.5 Å². The first-order chi connectivity index (χ1) is 8.63. The van der Waals surface area contributed by atoms with Gasteiger partial charge in [0.2, 0.25) is 0 Å².